The van der Waals surface area contributed by atoms with E-state index in [0.717, 1.165) is 60.9 Å². The van der Waals surface area contributed by atoms with Gasteiger partial charge in [0.1, 0.15) is 9.92 Å². The molecule has 4 rings (SSSR count). The zero-order valence-electron chi connectivity index (χ0n) is 17.1. The highest BCUT2D eigenvalue weighted by molar-refractivity contribution is 7.91. The molecule has 4 N–H and O–H groups in total. The van der Waals surface area contributed by atoms with Crippen LogP contribution in [-0.2, 0) is 42.1 Å². The number of carbonyl (C=O) groups excluding carboxylic acids is 1. The molecule has 2 aliphatic carbocycles. The van der Waals surface area contributed by atoms with E-state index in [9.17, 15) is 17.8 Å². The van der Waals surface area contributed by atoms with Crippen molar-refractivity contribution in [1.82, 2.24) is 5.32 Å². The number of halogens is 2. The first-order chi connectivity index (χ1) is 14.8. The Morgan fingerprint density at radius 2 is 1.68 bits per heavy atom. The van der Waals surface area contributed by atoms with Crippen LogP contribution in [-0.4, -0.2) is 23.2 Å². The highest BCUT2D eigenvalue weighted by atomic mass is 32.2. The predicted molar refractivity (Wildman–Crippen MR) is 117 cm³/mol. The third kappa shape index (κ3) is 4.94. The molecule has 0 aromatic heterocycles. The van der Waals surface area contributed by atoms with Crippen LogP contribution in [0.1, 0.15) is 40.7 Å². The van der Waals surface area contributed by atoms with Crippen molar-refractivity contribution in [3.8, 4) is 0 Å². The molecule has 0 unspecified atom stereocenters. The number of nitrogens with two attached hydrogens (primary N) is 1. The fourth-order valence-corrected chi connectivity index (χ4v) is 5.32. The van der Waals surface area contributed by atoms with E-state index in [1.807, 2.05) is 0 Å². The summed E-state index contributed by atoms with van der Waals surface area (Å²) in [5.74, 6) is 0. The summed E-state index contributed by atoms with van der Waals surface area (Å²) in [5.41, 5.74) is 6.44. The molecule has 166 valence electrons. The monoisotopic (exact) mass is 448 g/mol. The van der Waals surface area contributed by atoms with Gasteiger partial charge in [0.15, 0.2) is 0 Å². The van der Waals surface area contributed by atoms with Crippen molar-refractivity contribution in [2.75, 3.05) is 11.9 Å². The molecule has 0 heterocycles. The van der Waals surface area contributed by atoms with Crippen molar-refractivity contribution in [3.63, 3.8) is 0 Å². The van der Waals surface area contributed by atoms with Gasteiger partial charge in [-0.2, -0.15) is 0 Å². The molecule has 2 aromatic rings. The second-order valence-corrected chi connectivity index (χ2v) is 9.78. The first kappa shape index (κ1) is 21.9. The molecule has 0 radical (unpaired) electrons. The number of benzene rings is 2. The van der Waals surface area contributed by atoms with E-state index in [0.29, 0.717) is 0 Å². The Morgan fingerprint density at radius 1 is 1.06 bits per heavy atom. The second kappa shape index (κ2) is 9.02. The smallest absolute Gasteiger partial charge is 0.307 e. The first-order valence-corrected chi connectivity index (χ1v) is 12.0. The molecule has 2 aromatic carbocycles. The number of rotatable bonds is 6. The first-order valence-electron chi connectivity index (χ1n) is 10.4. The quantitative estimate of drug-likeness (QED) is 0.624. The van der Waals surface area contributed by atoms with Crippen LogP contribution in [0.25, 0.3) is 0 Å². The molecule has 31 heavy (non-hydrogen) atoms. The average Bonchev–Trinajstić information content (AvgIpc) is 3.37. The summed E-state index contributed by atoms with van der Waals surface area (Å²) in [6, 6.07) is 7.83. The summed E-state index contributed by atoms with van der Waals surface area (Å²) < 4.78 is 41.1. The molecule has 0 fully saturated rings. The van der Waals surface area contributed by atoms with E-state index < -0.39 is 28.9 Å². The standard InChI is InChI=1S/C22H26F2N4O2S/c23-20(24)13-26-12-14-7-9-17(10-8-14)31(25,30)28-22(29)27-21-18-5-1-3-15(18)11-16-4-2-6-19(16)21/h7-11,20,26H,1-6,12-13H2,(H3,25,27,28,29,30)/t31-/m1/s1. The largest absolute Gasteiger partial charge is 0.354 e. The normalized spacial score (nSPS) is 16.6. The maximum Gasteiger partial charge on any atom is 0.354 e. The zero-order chi connectivity index (χ0) is 22.0. The number of fused-ring (bicyclic) bond motifs is 2. The molecule has 2 aliphatic rings. The van der Waals surface area contributed by atoms with Gasteiger partial charge in [-0.15, -0.1) is 4.36 Å². The van der Waals surface area contributed by atoms with Gasteiger partial charge in [-0.05, 0) is 78.5 Å². The summed E-state index contributed by atoms with van der Waals surface area (Å²) in [7, 11) is -3.44. The molecule has 2 amide bonds. The fraction of sp³-hybridized carbons (Fsp3) is 0.409. The van der Waals surface area contributed by atoms with Gasteiger partial charge in [-0.1, -0.05) is 18.2 Å². The molecule has 0 saturated heterocycles. The van der Waals surface area contributed by atoms with Crippen LogP contribution in [0.3, 0.4) is 0 Å². The zero-order valence-corrected chi connectivity index (χ0v) is 17.9. The highest BCUT2D eigenvalue weighted by Gasteiger charge is 2.25. The number of anilines is 1. The molecule has 0 saturated carbocycles. The third-order valence-electron chi connectivity index (χ3n) is 5.81. The van der Waals surface area contributed by atoms with E-state index in [-0.39, 0.29) is 11.4 Å². The average molecular weight is 449 g/mol. The SMILES string of the molecule is N[S@@](=O)(=NC(=O)Nc1c2c(cc3c1CCC3)CCC2)c1ccc(CNCC(F)F)cc1. The molecule has 1 atom stereocenters. The van der Waals surface area contributed by atoms with E-state index in [1.54, 1.807) is 12.1 Å². The lowest BCUT2D eigenvalue weighted by Gasteiger charge is -2.15. The maximum absolute atomic E-state index is 12.9. The van der Waals surface area contributed by atoms with Gasteiger partial charge in [0, 0.05) is 12.2 Å². The Kier molecular flexibility index (Phi) is 6.36. The number of urea groups is 1. The van der Waals surface area contributed by atoms with Crippen LogP contribution >= 0.6 is 0 Å². The second-order valence-electron chi connectivity index (χ2n) is 7.99. The minimum Gasteiger partial charge on any atom is -0.307 e. The van der Waals surface area contributed by atoms with Crippen LogP contribution in [0.2, 0.25) is 0 Å². The van der Waals surface area contributed by atoms with Crippen molar-refractivity contribution in [1.29, 1.82) is 0 Å². The van der Waals surface area contributed by atoms with Gasteiger partial charge in [-0.25, -0.2) is 22.9 Å². The lowest BCUT2D eigenvalue weighted by molar-refractivity contribution is 0.145. The third-order valence-corrected chi connectivity index (χ3v) is 7.20. The minimum absolute atomic E-state index is 0.212. The summed E-state index contributed by atoms with van der Waals surface area (Å²) in [6.45, 7) is -0.157. The Labute approximate surface area is 180 Å². The lowest BCUT2D eigenvalue weighted by Crippen LogP contribution is -2.21. The fourth-order valence-electron chi connectivity index (χ4n) is 4.40. The van der Waals surface area contributed by atoms with Gasteiger partial charge in [0.2, 0.25) is 0 Å². The number of aryl methyl sites for hydroxylation is 2. The van der Waals surface area contributed by atoms with Gasteiger partial charge >= 0.3 is 6.03 Å². The Bertz CT molecular complexity index is 1080. The molecule has 0 spiro atoms. The Hall–Kier alpha value is -2.36. The van der Waals surface area contributed by atoms with E-state index >= 15 is 0 Å². The van der Waals surface area contributed by atoms with Crippen LogP contribution in [0, 0.1) is 0 Å². The minimum atomic E-state index is -3.44. The number of hydrogen-bond acceptors (Lipinski definition) is 3. The van der Waals surface area contributed by atoms with E-state index in [2.05, 4.69) is 21.1 Å². The van der Waals surface area contributed by atoms with E-state index in [4.69, 9.17) is 5.14 Å². The highest BCUT2D eigenvalue weighted by Crippen LogP contribution is 2.38. The maximum atomic E-state index is 12.9. The summed E-state index contributed by atoms with van der Waals surface area (Å²) in [5, 5.41) is 11.4. The number of nitrogens with zero attached hydrogens (tertiary/aromatic N) is 1. The predicted octanol–water partition coefficient (Wildman–Crippen LogP) is 3.95. The Balaban J connectivity index is 1.51. The number of alkyl halides is 2. The van der Waals surface area contributed by atoms with Crippen LogP contribution < -0.4 is 15.8 Å². The van der Waals surface area contributed by atoms with Gasteiger partial charge in [-0.3, -0.25) is 0 Å². The van der Waals surface area contributed by atoms with Crippen LogP contribution in [0.5, 0.6) is 0 Å². The molecular formula is C22H26F2N4O2S. The summed E-state index contributed by atoms with van der Waals surface area (Å²) in [4.78, 5) is 12.9. The molecule has 6 nitrogen and oxygen atoms in total. The van der Waals surface area contributed by atoms with Crippen molar-refractivity contribution >= 4 is 21.6 Å². The molecule has 9 heteroatoms. The van der Waals surface area contributed by atoms with E-state index in [1.165, 1.54) is 23.3 Å². The van der Waals surface area contributed by atoms with Crippen LogP contribution in [0.4, 0.5) is 19.3 Å². The van der Waals surface area contributed by atoms with Gasteiger partial charge in [0.05, 0.1) is 11.4 Å². The molecule has 0 aliphatic heterocycles. The number of nitrogens with one attached hydrogen (secondary N) is 2. The summed E-state index contributed by atoms with van der Waals surface area (Å²) >= 11 is 0. The van der Waals surface area contributed by atoms with Crippen LogP contribution in [0.15, 0.2) is 39.6 Å². The topological polar surface area (TPSA) is 96.6 Å². The molecular weight excluding hydrogens is 422 g/mol. The van der Waals surface area contributed by atoms with Crippen molar-refractivity contribution < 1.29 is 17.8 Å². The van der Waals surface area contributed by atoms with Gasteiger partial charge < -0.3 is 10.6 Å². The van der Waals surface area contributed by atoms with Crippen molar-refractivity contribution in [2.24, 2.45) is 9.50 Å². The Morgan fingerprint density at radius 3 is 2.26 bits per heavy atom. The number of carbonyl (C=O) groups is 1. The molecule has 0 bridgehead atoms. The number of hydrogen-bond donors (Lipinski definition) is 3. The van der Waals surface area contributed by atoms with Crippen molar-refractivity contribution in [3.05, 3.63) is 58.1 Å². The number of amides is 2. The van der Waals surface area contributed by atoms with Gasteiger partial charge in [0.25, 0.3) is 6.43 Å². The van der Waals surface area contributed by atoms with Crippen molar-refractivity contribution in [2.45, 2.75) is 56.4 Å². The lowest BCUT2D eigenvalue weighted by atomic mass is 9.99. The summed E-state index contributed by atoms with van der Waals surface area (Å²) in [6.07, 6.45) is 3.54.